The van der Waals surface area contributed by atoms with E-state index in [0.717, 1.165) is 45.0 Å². The van der Waals surface area contributed by atoms with Crippen LogP contribution in [-0.2, 0) is 23.0 Å². The fourth-order valence-corrected chi connectivity index (χ4v) is 5.29. The van der Waals surface area contributed by atoms with Crippen LogP contribution >= 0.6 is 0 Å². The molecule has 1 atom stereocenters. The van der Waals surface area contributed by atoms with E-state index in [1.807, 2.05) is 0 Å². The molecule has 1 fully saturated rings. The smallest absolute Gasteiger partial charge is 0.240 e. The molecule has 0 bridgehead atoms. The van der Waals surface area contributed by atoms with Crippen molar-refractivity contribution in [1.29, 1.82) is 0 Å². The van der Waals surface area contributed by atoms with Crippen LogP contribution in [0, 0.1) is 5.82 Å². The highest BCUT2D eigenvalue weighted by atomic mass is 32.2. The number of nitrogens with one attached hydrogen (secondary N) is 2. The number of piperidine rings is 1. The number of likely N-dealkylation sites (tertiary alicyclic amines) is 1. The molecule has 144 valence electrons. The fraction of sp³-hybridized carbons (Fsp3) is 0.400. The van der Waals surface area contributed by atoms with E-state index in [4.69, 9.17) is 0 Å². The average Bonchev–Trinajstić information content (AvgIpc) is 3.11. The molecule has 0 radical (unpaired) electrons. The van der Waals surface area contributed by atoms with Gasteiger partial charge in [-0.15, -0.1) is 0 Å². The second-order valence-corrected chi connectivity index (χ2v) is 8.99. The first kappa shape index (κ1) is 18.4. The van der Waals surface area contributed by atoms with Gasteiger partial charge >= 0.3 is 0 Å². The first-order valence-corrected chi connectivity index (χ1v) is 10.8. The minimum atomic E-state index is -3.72. The zero-order valence-corrected chi connectivity index (χ0v) is 15.9. The molecular formula is C20H24FN3O2S. The summed E-state index contributed by atoms with van der Waals surface area (Å²) >= 11 is 0. The van der Waals surface area contributed by atoms with E-state index in [0.29, 0.717) is 6.54 Å². The van der Waals surface area contributed by atoms with Gasteiger partial charge in [-0.1, -0.05) is 24.3 Å². The van der Waals surface area contributed by atoms with E-state index in [2.05, 4.69) is 33.1 Å². The fourth-order valence-electron chi connectivity index (χ4n) is 4.00. The molecule has 2 aromatic carbocycles. The van der Waals surface area contributed by atoms with Crippen LogP contribution < -0.4 is 10.0 Å². The van der Waals surface area contributed by atoms with Crippen LogP contribution in [0.15, 0.2) is 47.4 Å². The zero-order chi connectivity index (χ0) is 18.9. The molecule has 7 heteroatoms. The van der Waals surface area contributed by atoms with Gasteiger partial charge in [0.2, 0.25) is 10.0 Å². The Kier molecular flexibility index (Phi) is 5.16. The highest BCUT2D eigenvalue weighted by Gasteiger charge is 2.26. The molecule has 2 aliphatic heterocycles. The van der Waals surface area contributed by atoms with E-state index in [-0.39, 0.29) is 10.9 Å². The summed E-state index contributed by atoms with van der Waals surface area (Å²) in [5.41, 5.74) is 3.85. The molecule has 2 aromatic rings. The summed E-state index contributed by atoms with van der Waals surface area (Å²) in [5, 5.41) is 3.46. The van der Waals surface area contributed by atoms with E-state index < -0.39 is 15.8 Å². The van der Waals surface area contributed by atoms with Gasteiger partial charge in [0.15, 0.2) is 0 Å². The van der Waals surface area contributed by atoms with Crippen molar-refractivity contribution in [3.63, 3.8) is 0 Å². The number of rotatable bonds is 5. The standard InChI is InChI=1S/C20H24FN3O2S/c21-17-6-2-8-19(12-17)27(25,26)23-18-7-3-11-24(14-18)13-16-5-1-4-15-9-10-22-20(15)16/h1-2,4-6,8,12,18,22-23H,3,7,9-11,13-14H2. The minimum absolute atomic E-state index is 0.0234. The third kappa shape index (κ3) is 4.15. The lowest BCUT2D eigenvalue weighted by Crippen LogP contribution is -2.47. The molecule has 27 heavy (non-hydrogen) atoms. The summed E-state index contributed by atoms with van der Waals surface area (Å²) < 4.78 is 41.3. The Hall–Kier alpha value is -1.96. The molecule has 1 saturated heterocycles. The Labute approximate surface area is 159 Å². The third-order valence-electron chi connectivity index (χ3n) is 5.26. The van der Waals surface area contributed by atoms with Crippen LogP contribution in [0.1, 0.15) is 24.0 Å². The number of hydrogen-bond donors (Lipinski definition) is 2. The van der Waals surface area contributed by atoms with Crippen LogP contribution in [-0.4, -0.2) is 39.0 Å². The maximum atomic E-state index is 13.4. The predicted molar refractivity (Wildman–Crippen MR) is 104 cm³/mol. The number of nitrogens with zero attached hydrogens (tertiary/aromatic N) is 1. The number of benzene rings is 2. The van der Waals surface area contributed by atoms with E-state index in [1.54, 1.807) is 0 Å². The molecule has 1 unspecified atom stereocenters. The molecule has 4 rings (SSSR count). The minimum Gasteiger partial charge on any atom is -0.384 e. The number of hydrogen-bond acceptors (Lipinski definition) is 4. The second-order valence-electron chi connectivity index (χ2n) is 7.28. The van der Waals surface area contributed by atoms with Gasteiger partial charge in [0.05, 0.1) is 4.90 Å². The van der Waals surface area contributed by atoms with Crippen LogP contribution in [0.5, 0.6) is 0 Å². The van der Waals surface area contributed by atoms with Crippen LogP contribution in [0.4, 0.5) is 10.1 Å². The van der Waals surface area contributed by atoms with Crippen LogP contribution in [0.2, 0.25) is 0 Å². The number of halogens is 1. The second kappa shape index (κ2) is 7.58. The maximum Gasteiger partial charge on any atom is 0.240 e. The van der Waals surface area contributed by atoms with Crippen molar-refractivity contribution >= 4 is 15.7 Å². The lowest BCUT2D eigenvalue weighted by Gasteiger charge is -2.33. The Balaban J connectivity index is 1.43. The molecule has 2 aliphatic rings. The van der Waals surface area contributed by atoms with Gasteiger partial charge in [-0.25, -0.2) is 17.5 Å². The van der Waals surface area contributed by atoms with Crippen molar-refractivity contribution in [2.45, 2.75) is 36.7 Å². The normalized spacial score (nSPS) is 20.3. The van der Waals surface area contributed by atoms with E-state index in [1.165, 1.54) is 35.0 Å². The molecule has 0 saturated carbocycles. The van der Waals surface area contributed by atoms with Crippen LogP contribution in [0.25, 0.3) is 0 Å². The lowest BCUT2D eigenvalue weighted by molar-refractivity contribution is 0.195. The highest BCUT2D eigenvalue weighted by molar-refractivity contribution is 7.89. The van der Waals surface area contributed by atoms with Crippen molar-refractivity contribution in [1.82, 2.24) is 9.62 Å². The van der Waals surface area contributed by atoms with Crippen LogP contribution in [0.3, 0.4) is 0 Å². The number of anilines is 1. The summed E-state index contributed by atoms with van der Waals surface area (Å²) in [6.45, 7) is 3.37. The summed E-state index contributed by atoms with van der Waals surface area (Å²) in [6.07, 6.45) is 2.77. The average molecular weight is 389 g/mol. The first-order chi connectivity index (χ1) is 13.0. The molecule has 0 spiro atoms. The largest absolute Gasteiger partial charge is 0.384 e. The maximum absolute atomic E-state index is 13.4. The molecule has 2 N–H and O–H groups in total. The van der Waals surface area contributed by atoms with Gasteiger partial charge in [-0.2, -0.15) is 0 Å². The first-order valence-electron chi connectivity index (χ1n) is 9.36. The Morgan fingerprint density at radius 3 is 2.93 bits per heavy atom. The Morgan fingerprint density at radius 1 is 1.22 bits per heavy atom. The topological polar surface area (TPSA) is 61.4 Å². The highest BCUT2D eigenvalue weighted by Crippen LogP contribution is 2.28. The van der Waals surface area contributed by atoms with Crippen molar-refractivity contribution in [2.75, 3.05) is 25.0 Å². The van der Waals surface area contributed by atoms with Gasteiger partial charge in [0, 0.05) is 31.4 Å². The number of para-hydroxylation sites is 1. The van der Waals surface area contributed by atoms with E-state index in [9.17, 15) is 12.8 Å². The summed E-state index contributed by atoms with van der Waals surface area (Å²) in [4.78, 5) is 2.27. The molecule has 0 aliphatic carbocycles. The predicted octanol–water partition coefficient (Wildman–Crippen LogP) is 2.74. The van der Waals surface area contributed by atoms with E-state index >= 15 is 0 Å². The van der Waals surface area contributed by atoms with Crippen molar-refractivity contribution < 1.29 is 12.8 Å². The monoisotopic (exact) mass is 389 g/mol. The summed E-state index contributed by atoms with van der Waals surface area (Å²) in [7, 11) is -3.72. The summed E-state index contributed by atoms with van der Waals surface area (Å²) in [6, 6.07) is 11.4. The van der Waals surface area contributed by atoms with Crippen molar-refractivity contribution in [3.8, 4) is 0 Å². The Morgan fingerprint density at radius 2 is 2.07 bits per heavy atom. The Bertz CT molecular complexity index is 933. The third-order valence-corrected chi connectivity index (χ3v) is 6.78. The van der Waals surface area contributed by atoms with Gasteiger partial charge in [0.1, 0.15) is 5.82 Å². The molecule has 0 amide bonds. The van der Waals surface area contributed by atoms with Crippen molar-refractivity contribution in [3.05, 3.63) is 59.4 Å². The van der Waals surface area contributed by atoms with Gasteiger partial charge in [-0.05, 0) is 55.1 Å². The lowest BCUT2D eigenvalue weighted by atomic mass is 10.0. The molecule has 0 aromatic heterocycles. The number of sulfonamides is 1. The quantitative estimate of drug-likeness (QED) is 0.826. The molecule has 5 nitrogen and oxygen atoms in total. The van der Waals surface area contributed by atoms with Gasteiger partial charge in [-0.3, -0.25) is 4.90 Å². The van der Waals surface area contributed by atoms with Gasteiger partial charge < -0.3 is 5.32 Å². The number of fused-ring (bicyclic) bond motifs is 1. The zero-order valence-electron chi connectivity index (χ0n) is 15.1. The van der Waals surface area contributed by atoms with Gasteiger partial charge in [0.25, 0.3) is 0 Å². The SMILES string of the molecule is O=S(=O)(NC1CCCN(Cc2cccc3c2NCC3)C1)c1cccc(F)c1. The molecule has 2 heterocycles. The molecular weight excluding hydrogens is 365 g/mol. The summed E-state index contributed by atoms with van der Waals surface area (Å²) in [5.74, 6) is -0.548. The van der Waals surface area contributed by atoms with Crippen molar-refractivity contribution in [2.24, 2.45) is 0 Å².